The van der Waals surface area contributed by atoms with Gasteiger partial charge < -0.3 is 5.11 Å². The van der Waals surface area contributed by atoms with E-state index in [2.05, 4.69) is 0 Å². The molecule has 0 amide bonds. The highest BCUT2D eigenvalue weighted by Crippen LogP contribution is 2.16. The van der Waals surface area contributed by atoms with E-state index < -0.39 is 5.82 Å². The number of phenolic OH excluding ortho intramolecular Hbond substituents is 1. The molecule has 60 valence electrons. The molecule has 0 bridgehead atoms. The number of benzene rings is 1. The number of halogens is 1. The van der Waals surface area contributed by atoms with E-state index in [1.165, 1.54) is 18.2 Å². The van der Waals surface area contributed by atoms with Gasteiger partial charge in [0.2, 0.25) is 0 Å². The Morgan fingerprint density at radius 2 is 2.25 bits per heavy atom. The highest BCUT2D eigenvalue weighted by molar-refractivity contribution is 5.54. The number of aromatic hydroxyl groups is 1. The van der Waals surface area contributed by atoms with Gasteiger partial charge in [-0.05, 0) is 24.3 Å². The summed E-state index contributed by atoms with van der Waals surface area (Å²) < 4.78 is 12.8. The Morgan fingerprint density at radius 1 is 1.50 bits per heavy atom. The number of phenols is 1. The van der Waals surface area contributed by atoms with Gasteiger partial charge in [-0.25, -0.2) is 4.39 Å². The van der Waals surface area contributed by atoms with E-state index in [1.54, 1.807) is 6.07 Å². The summed E-state index contributed by atoms with van der Waals surface area (Å²) in [4.78, 5) is 0. The highest BCUT2D eigenvalue weighted by Gasteiger charge is 1.98. The van der Waals surface area contributed by atoms with Crippen molar-refractivity contribution in [3.05, 3.63) is 35.7 Å². The van der Waals surface area contributed by atoms with Gasteiger partial charge >= 0.3 is 0 Å². The zero-order valence-electron chi connectivity index (χ0n) is 6.16. The minimum absolute atomic E-state index is 0.0195. The zero-order chi connectivity index (χ0) is 8.97. The second-order valence-electron chi connectivity index (χ2n) is 2.17. The molecule has 0 radical (unpaired) electrons. The van der Waals surface area contributed by atoms with Crippen molar-refractivity contribution in [2.24, 2.45) is 0 Å². The third-order valence-electron chi connectivity index (χ3n) is 1.32. The molecular formula is C9H6FNO. The Bertz CT molecular complexity index is 352. The predicted octanol–water partition coefficient (Wildman–Crippen LogP) is 2.07. The van der Waals surface area contributed by atoms with Crippen molar-refractivity contribution >= 4 is 6.08 Å². The van der Waals surface area contributed by atoms with Crippen LogP contribution in [0.15, 0.2) is 24.3 Å². The van der Waals surface area contributed by atoms with Crippen LogP contribution in [0.1, 0.15) is 5.56 Å². The fraction of sp³-hybridized carbons (Fsp3) is 0. The molecule has 0 aliphatic rings. The molecule has 0 fully saturated rings. The van der Waals surface area contributed by atoms with Crippen LogP contribution in [-0.2, 0) is 0 Å². The molecule has 1 aromatic carbocycles. The van der Waals surface area contributed by atoms with Crippen molar-refractivity contribution in [1.82, 2.24) is 0 Å². The summed E-state index contributed by atoms with van der Waals surface area (Å²) in [6.07, 6.45) is 2.45. The highest BCUT2D eigenvalue weighted by atomic mass is 19.1. The van der Waals surface area contributed by atoms with Crippen LogP contribution in [0.5, 0.6) is 5.75 Å². The smallest absolute Gasteiger partial charge is 0.130 e. The summed E-state index contributed by atoms with van der Waals surface area (Å²) in [6.45, 7) is 0. The van der Waals surface area contributed by atoms with Gasteiger partial charge in [-0.3, -0.25) is 0 Å². The second kappa shape index (κ2) is 3.54. The molecule has 12 heavy (non-hydrogen) atoms. The fourth-order valence-electron chi connectivity index (χ4n) is 0.786. The molecule has 1 aromatic rings. The minimum Gasteiger partial charge on any atom is -0.508 e. The van der Waals surface area contributed by atoms with Crippen LogP contribution in [0, 0.1) is 17.1 Å². The van der Waals surface area contributed by atoms with Crippen LogP contribution in [-0.4, -0.2) is 5.11 Å². The number of hydrogen-bond acceptors (Lipinski definition) is 2. The molecule has 0 aliphatic heterocycles. The van der Waals surface area contributed by atoms with E-state index in [0.29, 0.717) is 0 Å². The molecule has 0 saturated carbocycles. The maximum atomic E-state index is 12.8. The topological polar surface area (TPSA) is 44.0 Å². The van der Waals surface area contributed by atoms with Crippen LogP contribution < -0.4 is 0 Å². The minimum atomic E-state index is -0.459. The first kappa shape index (κ1) is 8.28. The average Bonchev–Trinajstić information content (AvgIpc) is 2.07. The Kier molecular flexibility index (Phi) is 2.44. The predicted molar refractivity (Wildman–Crippen MR) is 42.7 cm³/mol. The first-order chi connectivity index (χ1) is 5.74. The Hall–Kier alpha value is -1.82. The third kappa shape index (κ3) is 1.83. The van der Waals surface area contributed by atoms with Crippen molar-refractivity contribution in [1.29, 1.82) is 5.26 Å². The van der Waals surface area contributed by atoms with Crippen LogP contribution in [0.3, 0.4) is 0 Å². The van der Waals surface area contributed by atoms with Gasteiger partial charge in [-0.1, -0.05) is 0 Å². The summed E-state index contributed by atoms with van der Waals surface area (Å²) in [5.41, 5.74) is 0.205. The molecule has 1 N–H and O–H groups in total. The molecular weight excluding hydrogens is 157 g/mol. The van der Waals surface area contributed by atoms with Gasteiger partial charge in [0.15, 0.2) is 0 Å². The number of nitriles is 1. The second-order valence-corrected chi connectivity index (χ2v) is 2.17. The van der Waals surface area contributed by atoms with Crippen molar-refractivity contribution in [2.45, 2.75) is 0 Å². The van der Waals surface area contributed by atoms with Crippen molar-refractivity contribution in [3.63, 3.8) is 0 Å². The fourth-order valence-corrected chi connectivity index (χ4v) is 0.786. The van der Waals surface area contributed by atoms with Crippen LogP contribution >= 0.6 is 0 Å². The van der Waals surface area contributed by atoms with Crippen molar-refractivity contribution < 1.29 is 9.50 Å². The standard InChI is InChI=1S/C9H6FNO/c10-9-4-3-8(12)6-7(9)2-1-5-11/h1-4,6,12H. The summed E-state index contributed by atoms with van der Waals surface area (Å²) in [5, 5.41) is 17.1. The number of rotatable bonds is 1. The number of hydrogen-bond donors (Lipinski definition) is 1. The molecule has 0 aromatic heterocycles. The Morgan fingerprint density at radius 3 is 2.92 bits per heavy atom. The van der Waals surface area contributed by atoms with E-state index in [4.69, 9.17) is 10.4 Å². The maximum Gasteiger partial charge on any atom is 0.130 e. The lowest BCUT2D eigenvalue weighted by molar-refractivity contribution is 0.473. The van der Waals surface area contributed by atoms with E-state index in [1.807, 2.05) is 0 Å². The van der Waals surface area contributed by atoms with Crippen molar-refractivity contribution in [2.75, 3.05) is 0 Å². The largest absolute Gasteiger partial charge is 0.508 e. The van der Waals surface area contributed by atoms with Crippen molar-refractivity contribution in [3.8, 4) is 11.8 Å². The summed E-state index contributed by atoms with van der Waals surface area (Å²) in [7, 11) is 0. The Balaban J connectivity index is 3.07. The quantitative estimate of drug-likeness (QED) is 0.644. The summed E-state index contributed by atoms with van der Waals surface area (Å²) in [5.74, 6) is -0.478. The SMILES string of the molecule is N#CC=Cc1cc(O)ccc1F. The summed E-state index contributed by atoms with van der Waals surface area (Å²) in [6, 6.07) is 5.38. The van der Waals surface area contributed by atoms with E-state index >= 15 is 0 Å². The molecule has 0 spiro atoms. The zero-order valence-corrected chi connectivity index (χ0v) is 6.16. The van der Waals surface area contributed by atoms with Gasteiger partial charge in [0, 0.05) is 11.6 Å². The van der Waals surface area contributed by atoms with Gasteiger partial charge in [-0.2, -0.15) is 5.26 Å². The first-order valence-electron chi connectivity index (χ1n) is 3.28. The molecule has 0 unspecified atom stereocenters. The lowest BCUT2D eigenvalue weighted by atomic mass is 10.2. The molecule has 0 heterocycles. The lowest BCUT2D eigenvalue weighted by Crippen LogP contribution is -1.79. The average molecular weight is 163 g/mol. The lowest BCUT2D eigenvalue weighted by Gasteiger charge is -1.95. The third-order valence-corrected chi connectivity index (χ3v) is 1.32. The monoisotopic (exact) mass is 163 g/mol. The molecule has 3 heteroatoms. The van der Waals surface area contributed by atoms with Gasteiger partial charge in [0.05, 0.1) is 6.07 Å². The normalized spacial score (nSPS) is 10.0. The van der Waals surface area contributed by atoms with Gasteiger partial charge in [-0.15, -0.1) is 0 Å². The first-order valence-corrected chi connectivity index (χ1v) is 3.28. The molecule has 0 atom stereocenters. The van der Waals surface area contributed by atoms with E-state index in [-0.39, 0.29) is 11.3 Å². The van der Waals surface area contributed by atoms with Gasteiger partial charge in [0.25, 0.3) is 0 Å². The molecule has 0 aliphatic carbocycles. The van der Waals surface area contributed by atoms with E-state index in [9.17, 15) is 4.39 Å². The van der Waals surface area contributed by atoms with Crippen LogP contribution in [0.4, 0.5) is 4.39 Å². The van der Waals surface area contributed by atoms with Crippen LogP contribution in [0.2, 0.25) is 0 Å². The number of nitrogens with zero attached hydrogens (tertiary/aromatic N) is 1. The molecule has 0 saturated heterocycles. The van der Waals surface area contributed by atoms with Gasteiger partial charge in [0.1, 0.15) is 11.6 Å². The van der Waals surface area contributed by atoms with Crippen LogP contribution in [0.25, 0.3) is 6.08 Å². The number of allylic oxidation sites excluding steroid dienone is 1. The Labute approximate surface area is 69.2 Å². The molecule has 2 nitrogen and oxygen atoms in total. The molecule has 1 rings (SSSR count). The maximum absolute atomic E-state index is 12.8. The van der Waals surface area contributed by atoms with E-state index in [0.717, 1.165) is 12.1 Å². The summed E-state index contributed by atoms with van der Waals surface area (Å²) >= 11 is 0.